The van der Waals surface area contributed by atoms with E-state index >= 15 is 0 Å². The number of nitro benzene ring substituents is 1. The lowest BCUT2D eigenvalue weighted by Gasteiger charge is -2.16. The number of hydrogen-bond acceptors (Lipinski definition) is 4. The Morgan fingerprint density at radius 3 is 2.71 bits per heavy atom. The van der Waals surface area contributed by atoms with E-state index in [2.05, 4.69) is 11.4 Å². The van der Waals surface area contributed by atoms with E-state index in [1.54, 1.807) is 30.3 Å². The van der Waals surface area contributed by atoms with Crippen LogP contribution in [0.1, 0.15) is 29.7 Å². The van der Waals surface area contributed by atoms with Crippen LogP contribution in [0.3, 0.4) is 0 Å². The van der Waals surface area contributed by atoms with Gasteiger partial charge >= 0.3 is 0 Å². The summed E-state index contributed by atoms with van der Waals surface area (Å²) >= 11 is 0. The SMILES string of the molecule is Cc1ccc(NC(C)c2cccc(C#N)c2)c([N+](=O)[O-])c1. The minimum atomic E-state index is -0.395. The number of nitrogens with one attached hydrogen (secondary N) is 1. The summed E-state index contributed by atoms with van der Waals surface area (Å²) in [4.78, 5) is 10.7. The lowest BCUT2D eigenvalue weighted by atomic mass is 10.0. The highest BCUT2D eigenvalue weighted by Gasteiger charge is 2.16. The van der Waals surface area contributed by atoms with Crippen LogP contribution in [0.5, 0.6) is 0 Å². The maximum atomic E-state index is 11.1. The summed E-state index contributed by atoms with van der Waals surface area (Å²) < 4.78 is 0. The minimum absolute atomic E-state index is 0.0540. The van der Waals surface area contributed by atoms with Crippen molar-refractivity contribution in [1.29, 1.82) is 5.26 Å². The summed E-state index contributed by atoms with van der Waals surface area (Å²) in [5, 5.41) is 23.2. The summed E-state index contributed by atoms with van der Waals surface area (Å²) in [5.74, 6) is 0. The maximum absolute atomic E-state index is 11.1. The third kappa shape index (κ3) is 3.37. The van der Waals surface area contributed by atoms with Gasteiger partial charge in [0, 0.05) is 12.1 Å². The second kappa shape index (κ2) is 6.06. The Morgan fingerprint density at radius 2 is 2.05 bits per heavy atom. The number of benzene rings is 2. The molecule has 0 amide bonds. The largest absolute Gasteiger partial charge is 0.373 e. The number of nitro groups is 1. The van der Waals surface area contributed by atoms with Crippen molar-refractivity contribution in [2.24, 2.45) is 0 Å². The van der Waals surface area contributed by atoms with Crippen molar-refractivity contribution in [1.82, 2.24) is 0 Å². The topological polar surface area (TPSA) is 79.0 Å². The molecule has 5 nitrogen and oxygen atoms in total. The molecule has 1 atom stereocenters. The van der Waals surface area contributed by atoms with Gasteiger partial charge in [0.1, 0.15) is 5.69 Å². The summed E-state index contributed by atoms with van der Waals surface area (Å²) in [6.45, 7) is 3.72. The quantitative estimate of drug-likeness (QED) is 0.679. The van der Waals surface area contributed by atoms with E-state index in [0.29, 0.717) is 11.3 Å². The fraction of sp³-hybridized carbons (Fsp3) is 0.188. The predicted molar refractivity (Wildman–Crippen MR) is 81.0 cm³/mol. The van der Waals surface area contributed by atoms with Crippen LogP contribution < -0.4 is 5.32 Å². The molecule has 0 saturated heterocycles. The van der Waals surface area contributed by atoms with Crippen molar-refractivity contribution in [3.05, 3.63) is 69.3 Å². The lowest BCUT2D eigenvalue weighted by molar-refractivity contribution is -0.384. The van der Waals surface area contributed by atoms with E-state index in [1.165, 1.54) is 0 Å². The van der Waals surface area contributed by atoms with E-state index < -0.39 is 4.92 Å². The molecule has 1 unspecified atom stereocenters. The third-order valence-corrected chi connectivity index (χ3v) is 3.24. The standard InChI is InChI=1S/C16H15N3O2/c1-11-6-7-15(16(8-11)19(20)21)18-12(2)14-5-3-4-13(9-14)10-17/h3-9,12,18H,1-2H3. The molecule has 0 aliphatic carbocycles. The first-order valence-electron chi connectivity index (χ1n) is 6.53. The van der Waals surface area contributed by atoms with Gasteiger partial charge in [0.15, 0.2) is 0 Å². The predicted octanol–water partition coefficient (Wildman–Crippen LogP) is 3.95. The first kappa shape index (κ1) is 14.5. The van der Waals surface area contributed by atoms with Gasteiger partial charge in [0.2, 0.25) is 0 Å². The molecule has 1 N–H and O–H groups in total. The van der Waals surface area contributed by atoms with Crippen molar-refractivity contribution in [2.45, 2.75) is 19.9 Å². The Hall–Kier alpha value is -2.87. The highest BCUT2D eigenvalue weighted by atomic mass is 16.6. The first-order valence-corrected chi connectivity index (χ1v) is 6.53. The maximum Gasteiger partial charge on any atom is 0.292 e. The Bertz CT molecular complexity index is 720. The van der Waals surface area contributed by atoms with E-state index in [9.17, 15) is 10.1 Å². The monoisotopic (exact) mass is 281 g/mol. The normalized spacial score (nSPS) is 11.5. The molecule has 0 radical (unpaired) electrons. The number of nitriles is 1. The molecule has 0 saturated carbocycles. The van der Waals surface area contributed by atoms with Gasteiger partial charge in [-0.1, -0.05) is 18.2 Å². The van der Waals surface area contributed by atoms with Gasteiger partial charge in [0.25, 0.3) is 5.69 Å². The zero-order valence-electron chi connectivity index (χ0n) is 11.8. The van der Waals surface area contributed by atoms with Crippen LogP contribution in [0.25, 0.3) is 0 Å². The molecule has 106 valence electrons. The number of hydrogen-bond donors (Lipinski definition) is 1. The van der Waals surface area contributed by atoms with Gasteiger partial charge < -0.3 is 5.32 Å². The second-order valence-corrected chi connectivity index (χ2v) is 4.88. The van der Waals surface area contributed by atoms with Crippen LogP contribution >= 0.6 is 0 Å². The van der Waals surface area contributed by atoms with E-state index in [4.69, 9.17) is 5.26 Å². The van der Waals surface area contributed by atoms with Crippen molar-refractivity contribution in [3.8, 4) is 6.07 Å². The van der Waals surface area contributed by atoms with Gasteiger partial charge in [-0.15, -0.1) is 0 Å². The average molecular weight is 281 g/mol. The van der Waals surface area contributed by atoms with Crippen LogP contribution in [0.2, 0.25) is 0 Å². The summed E-state index contributed by atoms with van der Waals surface area (Å²) in [6.07, 6.45) is 0. The molecule has 0 bridgehead atoms. The number of anilines is 1. The van der Waals surface area contributed by atoms with E-state index in [0.717, 1.165) is 11.1 Å². The third-order valence-electron chi connectivity index (χ3n) is 3.24. The zero-order valence-corrected chi connectivity index (χ0v) is 11.8. The van der Waals surface area contributed by atoms with Crippen LogP contribution in [-0.2, 0) is 0 Å². The van der Waals surface area contributed by atoms with Crippen LogP contribution in [-0.4, -0.2) is 4.92 Å². The van der Waals surface area contributed by atoms with Crippen molar-refractivity contribution < 1.29 is 4.92 Å². The summed E-state index contributed by atoms with van der Waals surface area (Å²) in [7, 11) is 0. The average Bonchev–Trinajstić information content (AvgIpc) is 2.48. The summed E-state index contributed by atoms with van der Waals surface area (Å²) in [5.41, 5.74) is 2.84. The molecule has 0 aliphatic rings. The van der Waals surface area contributed by atoms with Crippen molar-refractivity contribution in [3.63, 3.8) is 0 Å². The van der Waals surface area contributed by atoms with E-state index in [1.807, 2.05) is 26.0 Å². The Labute approximate surface area is 123 Å². The van der Waals surface area contributed by atoms with Crippen molar-refractivity contribution >= 4 is 11.4 Å². The molecule has 0 heterocycles. The molecule has 0 spiro atoms. The van der Waals surface area contributed by atoms with Crippen LogP contribution in [0.15, 0.2) is 42.5 Å². The van der Waals surface area contributed by atoms with Gasteiger partial charge in [-0.05, 0) is 43.2 Å². The number of aryl methyl sites for hydroxylation is 1. The molecule has 0 fully saturated rings. The fourth-order valence-corrected chi connectivity index (χ4v) is 2.11. The lowest BCUT2D eigenvalue weighted by Crippen LogP contribution is -2.08. The molecule has 5 heteroatoms. The number of rotatable bonds is 4. The Kier molecular flexibility index (Phi) is 4.19. The van der Waals surface area contributed by atoms with Crippen LogP contribution in [0.4, 0.5) is 11.4 Å². The molecule has 0 aromatic heterocycles. The van der Waals surface area contributed by atoms with E-state index in [-0.39, 0.29) is 11.7 Å². The number of nitrogens with zero attached hydrogens (tertiary/aromatic N) is 2. The van der Waals surface area contributed by atoms with Gasteiger partial charge in [0.05, 0.1) is 16.6 Å². The fourth-order valence-electron chi connectivity index (χ4n) is 2.11. The minimum Gasteiger partial charge on any atom is -0.373 e. The molecule has 2 rings (SSSR count). The highest BCUT2D eigenvalue weighted by Crippen LogP contribution is 2.29. The molecule has 0 aliphatic heterocycles. The Balaban J connectivity index is 2.29. The highest BCUT2D eigenvalue weighted by molar-refractivity contribution is 5.63. The summed E-state index contributed by atoms with van der Waals surface area (Å²) in [6, 6.07) is 14.2. The molecular formula is C16H15N3O2. The van der Waals surface area contributed by atoms with Crippen molar-refractivity contribution in [2.75, 3.05) is 5.32 Å². The van der Waals surface area contributed by atoms with Gasteiger partial charge in [-0.25, -0.2) is 0 Å². The smallest absolute Gasteiger partial charge is 0.292 e. The molecular weight excluding hydrogens is 266 g/mol. The Morgan fingerprint density at radius 1 is 1.29 bits per heavy atom. The molecule has 2 aromatic rings. The van der Waals surface area contributed by atoms with Gasteiger partial charge in [-0.3, -0.25) is 10.1 Å². The second-order valence-electron chi connectivity index (χ2n) is 4.88. The first-order chi connectivity index (χ1) is 10.0. The molecule has 21 heavy (non-hydrogen) atoms. The van der Waals surface area contributed by atoms with Crippen LogP contribution in [0, 0.1) is 28.4 Å². The van der Waals surface area contributed by atoms with Gasteiger partial charge in [-0.2, -0.15) is 5.26 Å². The zero-order chi connectivity index (χ0) is 15.4. The molecule has 2 aromatic carbocycles.